The van der Waals surface area contributed by atoms with Crippen LogP contribution < -0.4 is 0 Å². The highest BCUT2D eigenvalue weighted by Crippen LogP contribution is 2.26. The Labute approximate surface area is 135 Å². The summed E-state index contributed by atoms with van der Waals surface area (Å²) in [6.07, 6.45) is 3.40. The number of nitriles is 1. The fraction of sp³-hybridized carbons (Fsp3) is 0.222. The van der Waals surface area contributed by atoms with Gasteiger partial charge in [0.15, 0.2) is 5.69 Å². The van der Waals surface area contributed by atoms with Crippen LogP contribution >= 0.6 is 0 Å². The maximum absolute atomic E-state index is 9.30. The molecule has 0 saturated heterocycles. The Morgan fingerprint density at radius 3 is 2.39 bits per heavy atom. The highest BCUT2D eigenvalue weighted by Gasteiger charge is 2.17. The van der Waals surface area contributed by atoms with E-state index in [1.54, 1.807) is 17.1 Å². The number of nitrogens with zero attached hydrogens (tertiary/aromatic N) is 5. The number of benzene rings is 1. The van der Waals surface area contributed by atoms with Gasteiger partial charge in [-0.3, -0.25) is 4.98 Å². The van der Waals surface area contributed by atoms with Crippen molar-refractivity contribution in [3.8, 4) is 23.0 Å². The van der Waals surface area contributed by atoms with Crippen LogP contribution in [0.25, 0.3) is 16.9 Å². The molecule has 114 valence electrons. The zero-order valence-corrected chi connectivity index (χ0v) is 13.4. The second kappa shape index (κ2) is 5.65. The van der Waals surface area contributed by atoms with Crippen molar-refractivity contribution in [2.24, 2.45) is 0 Å². The molecule has 0 aliphatic rings. The molecule has 5 nitrogen and oxygen atoms in total. The molecule has 0 N–H and O–H groups in total. The lowest BCUT2D eigenvalue weighted by atomic mass is 9.87. The quantitative estimate of drug-likeness (QED) is 0.726. The average Bonchev–Trinajstić information content (AvgIpc) is 2.99. The second-order valence-corrected chi connectivity index (χ2v) is 6.35. The molecule has 0 atom stereocenters. The van der Waals surface area contributed by atoms with Crippen molar-refractivity contribution in [3.05, 3.63) is 60.0 Å². The van der Waals surface area contributed by atoms with E-state index < -0.39 is 0 Å². The molecule has 0 unspecified atom stereocenters. The number of pyridine rings is 1. The van der Waals surface area contributed by atoms with E-state index in [1.807, 2.05) is 24.3 Å². The maximum atomic E-state index is 9.30. The Morgan fingerprint density at radius 2 is 1.83 bits per heavy atom. The number of hydrogen-bond donors (Lipinski definition) is 0. The first-order valence-corrected chi connectivity index (χ1v) is 7.38. The lowest BCUT2D eigenvalue weighted by Gasteiger charge is -2.19. The van der Waals surface area contributed by atoms with Gasteiger partial charge >= 0.3 is 0 Å². The van der Waals surface area contributed by atoms with Crippen LogP contribution in [0.1, 0.15) is 32.0 Å². The topological polar surface area (TPSA) is 67.4 Å². The molecule has 2 heterocycles. The van der Waals surface area contributed by atoms with Crippen LogP contribution in [0.2, 0.25) is 0 Å². The van der Waals surface area contributed by atoms with Crippen molar-refractivity contribution in [2.75, 3.05) is 0 Å². The summed E-state index contributed by atoms with van der Waals surface area (Å²) in [4.78, 5) is 4.12. The first kappa shape index (κ1) is 14.9. The van der Waals surface area contributed by atoms with Crippen molar-refractivity contribution in [3.63, 3.8) is 0 Å². The zero-order valence-electron chi connectivity index (χ0n) is 13.4. The van der Waals surface area contributed by atoms with E-state index in [0.29, 0.717) is 5.69 Å². The SMILES string of the molecule is CC(C)(C)c1ccc(-n2nnc(C#N)c2-c2cccnc2)cc1. The largest absolute Gasteiger partial charge is 0.264 e. The molecule has 0 saturated carbocycles. The summed E-state index contributed by atoms with van der Waals surface area (Å²) in [5.74, 6) is 0. The van der Waals surface area contributed by atoms with Crippen molar-refractivity contribution in [1.29, 1.82) is 5.26 Å². The number of hydrogen-bond acceptors (Lipinski definition) is 4. The van der Waals surface area contributed by atoms with Crippen LogP contribution in [-0.4, -0.2) is 20.0 Å². The fourth-order valence-electron chi connectivity index (χ4n) is 2.40. The van der Waals surface area contributed by atoms with Gasteiger partial charge in [-0.25, -0.2) is 4.68 Å². The molecule has 0 radical (unpaired) electrons. The summed E-state index contributed by atoms with van der Waals surface area (Å²) >= 11 is 0. The van der Waals surface area contributed by atoms with Crippen LogP contribution in [0.15, 0.2) is 48.8 Å². The van der Waals surface area contributed by atoms with Crippen LogP contribution in [0.3, 0.4) is 0 Å². The molecule has 0 bridgehead atoms. The minimum absolute atomic E-state index is 0.0882. The minimum Gasteiger partial charge on any atom is -0.264 e. The number of rotatable bonds is 2. The first-order valence-electron chi connectivity index (χ1n) is 7.38. The molecule has 5 heteroatoms. The molecule has 0 spiro atoms. The molecule has 2 aromatic heterocycles. The Morgan fingerprint density at radius 1 is 1.09 bits per heavy atom. The van der Waals surface area contributed by atoms with Crippen LogP contribution in [0.5, 0.6) is 0 Å². The Balaban J connectivity index is 2.11. The van der Waals surface area contributed by atoms with E-state index in [0.717, 1.165) is 11.3 Å². The first-order chi connectivity index (χ1) is 11.0. The standard InChI is InChI=1S/C18H17N5/c1-18(2,3)14-6-8-15(9-7-14)23-17(16(11-19)21-22-23)13-5-4-10-20-12-13/h4-10,12H,1-3H3. The van der Waals surface area contributed by atoms with E-state index in [4.69, 9.17) is 0 Å². The summed E-state index contributed by atoms with van der Waals surface area (Å²) in [5.41, 5.74) is 3.96. The van der Waals surface area contributed by atoms with Gasteiger partial charge in [0.1, 0.15) is 11.8 Å². The van der Waals surface area contributed by atoms with Gasteiger partial charge in [0.2, 0.25) is 0 Å². The van der Waals surface area contributed by atoms with E-state index in [1.165, 1.54) is 5.56 Å². The predicted molar refractivity (Wildman–Crippen MR) is 88.0 cm³/mol. The van der Waals surface area contributed by atoms with Gasteiger partial charge in [-0.15, -0.1) is 5.10 Å². The van der Waals surface area contributed by atoms with Crippen LogP contribution in [0.4, 0.5) is 0 Å². The normalized spacial score (nSPS) is 11.2. The summed E-state index contributed by atoms with van der Waals surface area (Å²) in [6, 6.07) is 14.0. The van der Waals surface area contributed by atoms with Gasteiger partial charge in [-0.2, -0.15) is 5.26 Å². The smallest absolute Gasteiger partial charge is 0.191 e. The lowest BCUT2D eigenvalue weighted by Crippen LogP contribution is -2.11. The summed E-state index contributed by atoms with van der Waals surface area (Å²) in [5, 5.41) is 17.4. The fourth-order valence-corrected chi connectivity index (χ4v) is 2.40. The lowest BCUT2D eigenvalue weighted by molar-refractivity contribution is 0.590. The van der Waals surface area contributed by atoms with E-state index >= 15 is 0 Å². The molecule has 3 rings (SSSR count). The van der Waals surface area contributed by atoms with Gasteiger partial charge in [-0.1, -0.05) is 38.1 Å². The molecule has 0 fully saturated rings. The Kier molecular flexibility index (Phi) is 3.67. The third kappa shape index (κ3) is 2.84. The van der Waals surface area contributed by atoms with Crippen molar-refractivity contribution in [1.82, 2.24) is 20.0 Å². The van der Waals surface area contributed by atoms with Gasteiger partial charge in [0.25, 0.3) is 0 Å². The molecule has 23 heavy (non-hydrogen) atoms. The Bertz CT molecular complexity index is 849. The average molecular weight is 303 g/mol. The van der Waals surface area contributed by atoms with Crippen molar-refractivity contribution >= 4 is 0 Å². The highest BCUT2D eigenvalue weighted by atomic mass is 15.4. The van der Waals surface area contributed by atoms with Gasteiger partial charge in [-0.05, 0) is 35.2 Å². The third-order valence-electron chi connectivity index (χ3n) is 3.69. The van der Waals surface area contributed by atoms with Crippen molar-refractivity contribution in [2.45, 2.75) is 26.2 Å². The van der Waals surface area contributed by atoms with E-state index in [-0.39, 0.29) is 11.1 Å². The molecular formula is C18H17N5. The van der Waals surface area contributed by atoms with E-state index in [2.05, 4.69) is 54.3 Å². The third-order valence-corrected chi connectivity index (χ3v) is 3.69. The van der Waals surface area contributed by atoms with Crippen LogP contribution in [-0.2, 0) is 5.41 Å². The zero-order chi connectivity index (χ0) is 16.4. The maximum Gasteiger partial charge on any atom is 0.191 e. The van der Waals surface area contributed by atoms with Gasteiger partial charge in [0.05, 0.1) is 5.69 Å². The minimum atomic E-state index is 0.0882. The molecule has 0 aliphatic carbocycles. The second-order valence-electron chi connectivity index (χ2n) is 6.35. The van der Waals surface area contributed by atoms with Crippen LogP contribution in [0, 0.1) is 11.3 Å². The Hall–Kier alpha value is -3.00. The van der Waals surface area contributed by atoms with Gasteiger partial charge < -0.3 is 0 Å². The molecule has 3 aromatic rings. The predicted octanol–water partition coefficient (Wildman–Crippen LogP) is 3.50. The molecular weight excluding hydrogens is 286 g/mol. The highest BCUT2D eigenvalue weighted by molar-refractivity contribution is 5.66. The summed E-state index contributed by atoms with van der Waals surface area (Å²) in [6.45, 7) is 6.52. The monoisotopic (exact) mass is 303 g/mol. The van der Waals surface area contributed by atoms with E-state index in [9.17, 15) is 5.26 Å². The summed E-state index contributed by atoms with van der Waals surface area (Å²) < 4.78 is 1.68. The molecule has 0 amide bonds. The summed E-state index contributed by atoms with van der Waals surface area (Å²) in [7, 11) is 0. The molecule has 1 aromatic carbocycles. The number of aromatic nitrogens is 4. The van der Waals surface area contributed by atoms with Crippen molar-refractivity contribution < 1.29 is 0 Å². The molecule has 0 aliphatic heterocycles. The van der Waals surface area contributed by atoms with Gasteiger partial charge in [0, 0.05) is 18.0 Å².